The fourth-order valence-electron chi connectivity index (χ4n) is 4.76. The molecule has 0 fully saturated rings. The van der Waals surface area contributed by atoms with Crippen LogP contribution in [0.2, 0.25) is 0 Å². The van der Waals surface area contributed by atoms with Crippen molar-refractivity contribution >= 4 is 23.2 Å². The first kappa shape index (κ1) is 22.6. The maximum atomic E-state index is 13.3. The Hall–Kier alpha value is -3.61. The number of hydrogen-bond acceptors (Lipinski definition) is 6. The number of non-ortho nitro benzene ring substituents is 1. The molecule has 0 N–H and O–H groups in total. The van der Waals surface area contributed by atoms with E-state index in [4.69, 9.17) is 4.74 Å². The second-order valence-corrected chi connectivity index (χ2v) is 9.46. The minimum absolute atomic E-state index is 0.0742. The van der Waals surface area contributed by atoms with Crippen LogP contribution in [-0.4, -0.2) is 22.4 Å². The number of benzene rings is 2. The molecule has 7 heteroatoms. The van der Waals surface area contributed by atoms with Gasteiger partial charge >= 0.3 is 5.97 Å². The van der Waals surface area contributed by atoms with Crippen molar-refractivity contribution in [3.63, 3.8) is 0 Å². The third kappa shape index (κ3) is 4.62. The van der Waals surface area contributed by atoms with Gasteiger partial charge in [-0.3, -0.25) is 24.7 Å². The van der Waals surface area contributed by atoms with Crippen LogP contribution in [-0.2, 0) is 20.9 Å². The number of rotatable bonds is 5. The summed E-state index contributed by atoms with van der Waals surface area (Å²) in [6.07, 6.45) is 0.931. The van der Waals surface area contributed by atoms with Crippen LogP contribution in [0.1, 0.15) is 50.7 Å². The van der Waals surface area contributed by atoms with Crippen molar-refractivity contribution < 1.29 is 19.2 Å². The quantitative estimate of drug-likeness (QED) is 0.359. The number of nitro benzene ring substituents is 1. The minimum Gasteiger partial charge on any atom is -0.460 e. The van der Waals surface area contributed by atoms with E-state index in [-0.39, 0.29) is 23.5 Å². The fraction of sp³-hybridized carbons (Fsp3) is 0.346. The van der Waals surface area contributed by atoms with Crippen LogP contribution in [0.5, 0.6) is 0 Å². The molecule has 1 heterocycles. The van der Waals surface area contributed by atoms with Crippen molar-refractivity contribution in [2.45, 2.75) is 46.1 Å². The summed E-state index contributed by atoms with van der Waals surface area (Å²) < 4.78 is 5.64. The van der Waals surface area contributed by atoms with Gasteiger partial charge in [0.25, 0.3) is 5.69 Å². The normalized spacial score (nSPS) is 21.8. The van der Waals surface area contributed by atoms with Crippen molar-refractivity contribution in [1.29, 1.82) is 0 Å². The molecule has 2 aromatic rings. The predicted molar refractivity (Wildman–Crippen MR) is 124 cm³/mol. The van der Waals surface area contributed by atoms with Gasteiger partial charge in [-0.1, -0.05) is 56.3 Å². The van der Waals surface area contributed by atoms with Crippen LogP contribution in [0, 0.1) is 21.4 Å². The lowest BCUT2D eigenvalue weighted by atomic mass is 9.67. The molecule has 0 amide bonds. The Morgan fingerprint density at radius 2 is 1.88 bits per heavy atom. The standard InChI is InChI=1S/C26H26N2O5/c1-16-22(25(30)33-15-17-8-5-4-6-9-17)23(18-10-7-11-19(12-18)28(31)32)24-20(27-16)13-26(2,3)14-21(24)29/h4-12,22-23H,13-15H2,1-3H3/t22?,23-/m0/s1. The number of Topliss-reactive ketones (excluding diaryl/α,β-unsaturated/α-hetero) is 1. The Bertz CT molecular complexity index is 1180. The summed E-state index contributed by atoms with van der Waals surface area (Å²) in [5.74, 6) is -2.08. The number of esters is 1. The number of aliphatic imine (C=N–C) groups is 1. The molecule has 2 aromatic carbocycles. The number of allylic oxidation sites excluding steroid dienone is 2. The summed E-state index contributed by atoms with van der Waals surface area (Å²) in [6.45, 7) is 5.89. The minimum atomic E-state index is -0.834. The van der Waals surface area contributed by atoms with Crippen LogP contribution in [0.15, 0.2) is 70.9 Å². The van der Waals surface area contributed by atoms with Crippen LogP contribution in [0.25, 0.3) is 0 Å². The van der Waals surface area contributed by atoms with E-state index in [1.807, 2.05) is 44.2 Å². The molecule has 0 spiro atoms. The Kier molecular flexibility index (Phi) is 5.97. The van der Waals surface area contributed by atoms with E-state index < -0.39 is 22.7 Å². The van der Waals surface area contributed by atoms with E-state index in [1.54, 1.807) is 19.1 Å². The molecule has 0 saturated carbocycles. The largest absolute Gasteiger partial charge is 0.460 e. The third-order valence-electron chi connectivity index (χ3n) is 6.22. The molecule has 4 rings (SSSR count). The van der Waals surface area contributed by atoms with Gasteiger partial charge in [-0.2, -0.15) is 0 Å². The molecular weight excluding hydrogens is 420 g/mol. The van der Waals surface area contributed by atoms with Gasteiger partial charge < -0.3 is 4.74 Å². The third-order valence-corrected chi connectivity index (χ3v) is 6.22. The first-order chi connectivity index (χ1) is 15.7. The molecule has 7 nitrogen and oxygen atoms in total. The summed E-state index contributed by atoms with van der Waals surface area (Å²) in [4.78, 5) is 42.2. The highest BCUT2D eigenvalue weighted by molar-refractivity contribution is 6.09. The van der Waals surface area contributed by atoms with Gasteiger partial charge in [0.05, 0.1) is 4.92 Å². The predicted octanol–water partition coefficient (Wildman–Crippen LogP) is 5.16. The second-order valence-electron chi connectivity index (χ2n) is 9.46. The maximum Gasteiger partial charge on any atom is 0.315 e. The zero-order valence-corrected chi connectivity index (χ0v) is 18.9. The summed E-state index contributed by atoms with van der Waals surface area (Å²) in [6, 6.07) is 15.5. The van der Waals surface area contributed by atoms with Gasteiger partial charge in [-0.25, -0.2) is 0 Å². The average Bonchev–Trinajstić information content (AvgIpc) is 2.76. The summed E-state index contributed by atoms with van der Waals surface area (Å²) in [5, 5.41) is 11.4. The van der Waals surface area contributed by atoms with Crippen molar-refractivity contribution in [2.24, 2.45) is 16.3 Å². The van der Waals surface area contributed by atoms with E-state index in [0.717, 1.165) is 5.56 Å². The number of nitro groups is 1. The molecule has 1 aliphatic heterocycles. The average molecular weight is 447 g/mol. The van der Waals surface area contributed by atoms with Gasteiger partial charge in [0.15, 0.2) is 5.78 Å². The highest BCUT2D eigenvalue weighted by Gasteiger charge is 2.46. The van der Waals surface area contributed by atoms with Crippen LogP contribution in [0.3, 0.4) is 0 Å². The Labute approximate surface area is 192 Å². The van der Waals surface area contributed by atoms with E-state index in [2.05, 4.69) is 4.99 Å². The first-order valence-electron chi connectivity index (χ1n) is 10.9. The van der Waals surface area contributed by atoms with Crippen LogP contribution >= 0.6 is 0 Å². The van der Waals surface area contributed by atoms with E-state index in [9.17, 15) is 19.7 Å². The van der Waals surface area contributed by atoms with Crippen LogP contribution in [0.4, 0.5) is 5.69 Å². The highest BCUT2D eigenvalue weighted by Crippen LogP contribution is 2.48. The lowest BCUT2D eigenvalue weighted by Crippen LogP contribution is -2.39. The Morgan fingerprint density at radius 1 is 1.15 bits per heavy atom. The second kappa shape index (κ2) is 8.73. The van der Waals surface area contributed by atoms with Gasteiger partial charge in [0.1, 0.15) is 12.5 Å². The number of ketones is 1. The van der Waals surface area contributed by atoms with Crippen molar-refractivity contribution in [2.75, 3.05) is 0 Å². The lowest BCUT2D eigenvalue weighted by Gasteiger charge is -2.38. The molecule has 0 radical (unpaired) electrons. The zero-order chi connectivity index (χ0) is 23.8. The van der Waals surface area contributed by atoms with Gasteiger partial charge in [-0.15, -0.1) is 0 Å². The molecule has 0 aromatic heterocycles. The van der Waals surface area contributed by atoms with E-state index in [1.165, 1.54) is 12.1 Å². The number of hydrogen-bond donors (Lipinski definition) is 0. The Morgan fingerprint density at radius 3 is 2.58 bits per heavy atom. The molecule has 1 aliphatic carbocycles. The summed E-state index contributed by atoms with van der Waals surface area (Å²) in [7, 11) is 0. The molecule has 0 saturated heterocycles. The number of carbonyl (C=O) groups is 2. The number of ether oxygens (including phenoxy) is 1. The highest BCUT2D eigenvalue weighted by atomic mass is 16.6. The lowest BCUT2D eigenvalue weighted by molar-refractivity contribution is -0.384. The molecule has 2 aliphatic rings. The van der Waals surface area contributed by atoms with E-state index >= 15 is 0 Å². The molecule has 33 heavy (non-hydrogen) atoms. The van der Waals surface area contributed by atoms with Crippen molar-refractivity contribution in [1.82, 2.24) is 0 Å². The summed E-state index contributed by atoms with van der Waals surface area (Å²) in [5.41, 5.74) is 2.75. The fourth-order valence-corrected chi connectivity index (χ4v) is 4.76. The molecule has 0 bridgehead atoms. The smallest absolute Gasteiger partial charge is 0.315 e. The maximum absolute atomic E-state index is 13.3. The number of carbonyl (C=O) groups excluding carboxylic acids is 2. The SMILES string of the molecule is CC1=NC2=C(C(=O)CC(C)(C)C2)[C@@H](c2cccc([N+](=O)[O-])c2)C1C(=O)OCc1ccccc1. The topological polar surface area (TPSA) is 98.9 Å². The first-order valence-corrected chi connectivity index (χ1v) is 10.9. The van der Waals surface area contributed by atoms with E-state index in [0.29, 0.717) is 35.4 Å². The van der Waals surface area contributed by atoms with Crippen LogP contribution < -0.4 is 0 Å². The van der Waals surface area contributed by atoms with Gasteiger partial charge in [0.2, 0.25) is 0 Å². The Balaban J connectivity index is 1.76. The molecule has 170 valence electrons. The van der Waals surface area contributed by atoms with Crippen molar-refractivity contribution in [3.05, 3.63) is 87.1 Å². The van der Waals surface area contributed by atoms with Crippen molar-refractivity contribution in [3.8, 4) is 0 Å². The summed E-state index contributed by atoms with van der Waals surface area (Å²) >= 11 is 0. The molecular formula is C26H26N2O5. The molecule has 1 unspecified atom stereocenters. The number of nitrogens with zero attached hydrogens (tertiary/aromatic N) is 2. The van der Waals surface area contributed by atoms with Gasteiger partial charge in [0, 0.05) is 41.5 Å². The monoisotopic (exact) mass is 446 g/mol. The zero-order valence-electron chi connectivity index (χ0n) is 18.9. The van der Waals surface area contributed by atoms with Gasteiger partial charge in [-0.05, 0) is 29.9 Å². The molecule has 2 atom stereocenters.